The van der Waals surface area contributed by atoms with Gasteiger partial charge in [-0.3, -0.25) is 10.2 Å². The first-order chi connectivity index (χ1) is 14.5. The van der Waals surface area contributed by atoms with Crippen LogP contribution < -0.4 is 5.43 Å². The largest absolute Gasteiger partial charge is 0.312 e. The molecule has 1 aliphatic rings. The van der Waals surface area contributed by atoms with Gasteiger partial charge in [-0.15, -0.1) is 12.4 Å². The zero-order valence-corrected chi connectivity index (χ0v) is 19.7. The molecule has 1 aromatic heterocycles. The van der Waals surface area contributed by atoms with Crippen LogP contribution in [-0.2, 0) is 11.2 Å². The number of rotatable bonds is 5. The predicted molar refractivity (Wildman–Crippen MR) is 130 cm³/mol. The Morgan fingerprint density at radius 1 is 1.00 bits per heavy atom. The van der Waals surface area contributed by atoms with Crippen molar-refractivity contribution in [3.05, 3.63) is 75.9 Å². The molecule has 1 saturated heterocycles. The number of para-hydroxylation sites is 1. The lowest BCUT2D eigenvalue weighted by atomic mass is 10.1. The molecule has 0 unspecified atom stereocenters. The molecule has 4 rings (SSSR count). The fraction of sp³-hybridized carbons (Fsp3) is 0.292. The summed E-state index contributed by atoms with van der Waals surface area (Å²) in [5.74, 6) is 0.0129. The number of halogens is 3. The smallest absolute Gasteiger partial charge is 0.238 e. The minimum Gasteiger partial charge on any atom is -0.312 e. The number of nitrogens with zero attached hydrogens (tertiary/aromatic N) is 2. The number of hydrogen-bond donors (Lipinski definition) is 1. The van der Waals surface area contributed by atoms with E-state index in [1.165, 1.54) is 6.42 Å². The molecule has 1 aliphatic heterocycles. The molecule has 2 aromatic carbocycles. The second kappa shape index (κ2) is 10.6. The third kappa shape index (κ3) is 5.45. The van der Waals surface area contributed by atoms with Gasteiger partial charge in [0, 0.05) is 23.8 Å². The van der Waals surface area contributed by atoms with Crippen molar-refractivity contribution in [3.8, 4) is 16.9 Å². The first-order valence-corrected chi connectivity index (χ1v) is 11.0. The van der Waals surface area contributed by atoms with E-state index in [0.29, 0.717) is 16.5 Å². The van der Waals surface area contributed by atoms with Crippen LogP contribution >= 0.6 is 35.6 Å². The third-order valence-corrected chi connectivity index (χ3v) is 6.15. The van der Waals surface area contributed by atoms with Crippen molar-refractivity contribution in [2.75, 3.05) is 13.1 Å². The molecule has 1 fully saturated rings. The molecule has 1 N–H and O–H groups in total. The van der Waals surface area contributed by atoms with Gasteiger partial charge >= 0.3 is 0 Å². The number of piperidine rings is 1. The van der Waals surface area contributed by atoms with Crippen LogP contribution in [0.1, 0.15) is 30.5 Å². The average Bonchev–Trinajstić information content (AvgIpc) is 3.05. The zero-order chi connectivity index (χ0) is 21.1. The lowest BCUT2D eigenvalue weighted by Crippen LogP contribution is -2.45. The van der Waals surface area contributed by atoms with E-state index < -0.39 is 0 Å². The van der Waals surface area contributed by atoms with Gasteiger partial charge in [0.1, 0.15) is 0 Å². The van der Waals surface area contributed by atoms with Crippen LogP contribution in [-0.4, -0.2) is 28.6 Å². The second-order valence-electron chi connectivity index (χ2n) is 7.69. The van der Waals surface area contributed by atoms with E-state index in [1.807, 2.05) is 60.5 Å². The van der Waals surface area contributed by atoms with Crippen LogP contribution in [0.3, 0.4) is 0 Å². The van der Waals surface area contributed by atoms with Crippen LogP contribution in [0.25, 0.3) is 16.9 Å². The SMILES string of the molecule is Cc1c(CC(=O)NN2CCCCC2)cc(-c2ccc(Cl)cc2)n1-c1ccccc1Cl.Cl. The monoisotopic (exact) mass is 477 g/mol. The second-order valence-corrected chi connectivity index (χ2v) is 8.54. The van der Waals surface area contributed by atoms with Crippen molar-refractivity contribution >= 4 is 41.5 Å². The Morgan fingerprint density at radius 2 is 1.68 bits per heavy atom. The van der Waals surface area contributed by atoms with Crippen LogP contribution in [0, 0.1) is 6.92 Å². The molecular formula is C24H26Cl3N3O. The number of hydrogen-bond acceptors (Lipinski definition) is 2. The third-order valence-electron chi connectivity index (χ3n) is 5.58. The van der Waals surface area contributed by atoms with Gasteiger partial charge in [-0.1, -0.05) is 53.9 Å². The fourth-order valence-electron chi connectivity index (χ4n) is 4.01. The average molecular weight is 479 g/mol. The van der Waals surface area contributed by atoms with E-state index in [9.17, 15) is 4.79 Å². The summed E-state index contributed by atoms with van der Waals surface area (Å²) >= 11 is 12.6. The summed E-state index contributed by atoms with van der Waals surface area (Å²) in [7, 11) is 0. The molecule has 1 amide bonds. The molecule has 3 aromatic rings. The topological polar surface area (TPSA) is 37.3 Å². The Kier molecular flexibility index (Phi) is 8.06. The normalized spacial score (nSPS) is 14.2. The standard InChI is InChI=1S/C24H25Cl2N3O.ClH/c1-17-19(16-24(30)27-28-13-5-2-6-14-28)15-23(18-9-11-20(25)12-10-18)29(17)22-8-4-3-7-21(22)26;/h3-4,7-12,15H,2,5-6,13-14,16H2,1H3,(H,27,30);1H. The highest BCUT2D eigenvalue weighted by Crippen LogP contribution is 2.33. The molecular weight excluding hydrogens is 453 g/mol. The number of carbonyl (C=O) groups excluding carboxylic acids is 1. The van der Waals surface area contributed by atoms with Gasteiger partial charge in [-0.2, -0.15) is 0 Å². The van der Waals surface area contributed by atoms with Crippen molar-refractivity contribution in [3.63, 3.8) is 0 Å². The van der Waals surface area contributed by atoms with E-state index in [2.05, 4.69) is 16.1 Å². The molecule has 164 valence electrons. The zero-order valence-electron chi connectivity index (χ0n) is 17.4. The molecule has 7 heteroatoms. The number of nitrogens with one attached hydrogen (secondary N) is 1. The summed E-state index contributed by atoms with van der Waals surface area (Å²) in [4.78, 5) is 12.7. The first-order valence-electron chi connectivity index (χ1n) is 10.3. The van der Waals surface area contributed by atoms with Gasteiger partial charge in [0.25, 0.3) is 0 Å². The van der Waals surface area contributed by atoms with Gasteiger partial charge in [0.2, 0.25) is 5.91 Å². The molecule has 31 heavy (non-hydrogen) atoms. The van der Waals surface area contributed by atoms with Gasteiger partial charge in [-0.05, 0) is 61.2 Å². The molecule has 0 radical (unpaired) electrons. The number of carbonyl (C=O) groups is 1. The molecule has 0 aliphatic carbocycles. The highest BCUT2D eigenvalue weighted by Gasteiger charge is 2.20. The van der Waals surface area contributed by atoms with E-state index in [0.717, 1.165) is 54.1 Å². The lowest BCUT2D eigenvalue weighted by molar-refractivity contribution is -0.125. The highest BCUT2D eigenvalue weighted by molar-refractivity contribution is 6.32. The lowest BCUT2D eigenvalue weighted by Gasteiger charge is -2.26. The van der Waals surface area contributed by atoms with E-state index in [4.69, 9.17) is 23.2 Å². The maximum atomic E-state index is 12.7. The molecule has 2 heterocycles. The molecule has 0 spiro atoms. The fourth-order valence-corrected chi connectivity index (χ4v) is 4.35. The number of aromatic nitrogens is 1. The first kappa shape index (κ1) is 23.7. The van der Waals surface area contributed by atoms with Crippen molar-refractivity contribution in [1.29, 1.82) is 0 Å². The van der Waals surface area contributed by atoms with Crippen molar-refractivity contribution < 1.29 is 4.79 Å². The van der Waals surface area contributed by atoms with Gasteiger partial charge in [0.05, 0.1) is 22.8 Å². The summed E-state index contributed by atoms with van der Waals surface area (Å²) in [5, 5.41) is 3.38. The maximum absolute atomic E-state index is 12.7. The molecule has 0 bridgehead atoms. The number of hydrazine groups is 1. The van der Waals surface area contributed by atoms with Crippen molar-refractivity contribution in [2.24, 2.45) is 0 Å². The van der Waals surface area contributed by atoms with Crippen molar-refractivity contribution in [2.45, 2.75) is 32.6 Å². The summed E-state index contributed by atoms with van der Waals surface area (Å²) in [6.07, 6.45) is 3.81. The maximum Gasteiger partial charge on any atom is 0.238 e. The van der Waals surface area contributed by atoms with E-state index >= 15 is 0 Å². The molecule has 0 saturated carbocycles. The number of benzene rings is 2. The summed E-state index contributed by atoms with van der Waals surface area (Å²) in [6.45, 7) is 3.87. The Bertz CT molecular complexity index is 1040. The highest BCUT2D eigenvalue weighted by atomic mass is 35.5. The Labute approximate surface area is 199 Å². The minimum atomic E-state index is 0. The van der Waals surface area contributed by atoms with Crippen LogP contribution in [0.4, 0.5) is 0 Å². The van der Waals surface area contributed by atoms with Crippen molar-refractivity contribution in [1.82, 2.24) is 15.0 Å². The Hall–Kier alpha value is -1.98. The van der Waals surface area contributed by atoms with E-state index in [-0.39, 0.29) is 18.3 Å². The summed E-state index contributed by atoms with van der Waals surface area (Å²) in [5.41, 5.74) is 7.94. The van der Waals surface area contributed by atoms with Crippen LogP contribution in [0.2, 0.25) is 10.0 Å². The summed E-state index contributed by atoms with van der Waals surface area (Å²) in [6, 6.07) is 17.6. The molecule has 0 atom stereocenters. The number of amides is 1. The van der Waals surface area contributed by atoms with Gasteiger partial charge in [0.15, 0.2) is 0 Å². The molecule has 4 nitrogen and oxygen atoms in total. The quantitative estimate of drug-likeness (QED) is 0.471. The van der Waals surface area contributed by atoms with Crippen LogP contribution in [0.5, 0.6) is 0 Å². The predicted octanol–water partition coefficient (Wildman–Crippen LogP) is 6.24. The Morgan fingerprint density at radius 3 is 2.35 bits per heavy atom. The van der Waals surface area contributed by atoms with Gasteiger partial charge in [-0.25, -0.2) is 5.01 Å². The summed E-state index contributed by atoms with van der Waals surface area (Å²) < 4.78 is 2.12. The Balaban J connectivity index is 0.00000272. The van der Waals surface area contributed by atoms with Crippen LogP contribution in [0.15, 0.2) is 54.6 Å². The van der Waals surface area contributed by atoms with E-state index in [1.54, 1.807) is 0 Å². The minimum absolute atomic E-state index is 0. The van der Waals surface area contributed by atoms with Gasteiger partial charge < -0.3 is 4.57 Å².